The number of nitrogens with one attached hydrogen (secondary N) is 1. The summed E-state index contributed by atoms with van der Waals surface area (Å²) in [6.07, 6.45) is 2.05. The minimum atomic E-state index is -1.09. The molecule has 2 N–H and O–H groups in total. The summed E-state index contributed by atoms with van der Waals surface area (Å²) in [4.78, 5) is 13.2. The Balaban J connectivity index is 1.78. The van der Waals surface area contributed by atoms with Crippen LogP contribution in [-0.2, 0) is 0 Å². The Morgan fingerprint density at radius 1 is 0.957 bits per heavy atom. The number of aromatic amines is 1. The molecule has 7 heteroatoms. The van der Waals surface area contributed by atoms with E-state index in [0.717, 1.165) is 16.0 Å². The van der Waals surface area contributed by atoms with Crippen LogP contribution in [0.4, 0.5) is 0 Å². The van der Waals surface area contributed by atoms with E-state index in [1.807, 2.05) is 24.3 Å². The first-order valence-electron chi connectivity index (χ1n) is 6.74. The maximum Gasteiger partial charge on any atom is 0.359 e. The van der Waals surface area contributed by atoms with E-state index in [1.165, 1.54) is 16.7 Å². The molecule has 0 spiro atoms. The molecule has 3 rings (SSSR count). The lowest BCUT2D eigenvalue weighted by Crippen LogP contribution is -1.98. The van der Waals surface area contributed by atoms with Gasteiger partial charge in [-0.25, -0.2) is 4.79 Å². The molecule has 1 aromatic heterocycles. The van der Waals surface area contributed by atoms with Gasteiger partial charge in [-0.15, -0.1) is 22.0 Å². The monoisotopic (exact) mass is 343 g/mol. The fourth-order valence-corrected chi connectivity index (χ4v) is 3.26. The van der Waals surface area contributed by atoms with Gasteiger partial charge in [-0.2, -0.15) is 5.21 Å². The number of carboxylic acid groups (broad SMARTS) is 1. The van der Waals surface area contributed by atoms with E-state index < -0.39 is 5.97 Å². The molecular weight excluding hydrogens is 330 g/mol. The van der Waals surface area contributed by atoms with Crippen LogP contribution < -0.4 is 0 Å². The Labute approximate surface area is 141 Å². The number of hydrogen-bond acceptors (Lipinski definition) is 5. The fourth-order valence-electron chi connectivity index (χ4n) is 2.04. The van der Waals surface area contributed by atoms with Gasteiger partial charge in [-0.3, -0.25) is 0 Å². The topological polar surface area (TPSA) is 78.9 Å². The number of aromatic nitrogens is 3. The SMILES string of the molecule is CSc1ccc(-c2ccc(Sc3n[nH]nc3C(=O)O)cc2)cc1. The Morgan fingerprint density at radius 2 is 1.52 bits per heavy atom. The predicted molar refractivity (Wildman–Crippen MR) is 91.1 cm³/mol. The Hall–Kier alpha value is -2.25. The summed E-state index contributed by atoms with van der Waals surface area (Å²) < 4.78 is 0. The van der Waals surface area contributed by atoms with Crippen LogP contribution in [0, 0.1) is 0 Å². The van der Waals surface area contributed by atoms with Crippen molar-refractivity contribution in [2.24, 2.45) is 0 Å². The number of carbonyl (C=O) groups is 1. The zero-order chi connectivity index (χ0) is 16.2. The van der Waals surface area contributed by atoms with Crippen molar-refractivity contribution in [3.05, 3.63) is 54.2 Å². The summed E-state index contributed by atoms with van der Waals surface area (Å²) in [6, 6.07) is 16.3. The number of aromatic carboxylic acids is 1. The van der Waals surface area contributed by atoms with Crippen LogP contribution in [0.25, 0.3) is 11.1 Å². The smallest absolute Gasteiger partial charge is 0.359 e. The first-order chi connectivity index (χ1) is 11.2. The lowest BCUT2D eigenvalue weighted by atomic mass is 10.1. The van der Waals surface area contributed by atoms with Crippen LogP contribution in [0.1, 0.15) is 10.5 Å². The molecule has 0 aliphatic heterocycles. The van der Waals surface area contributed by atoms with Crippen LogP contribution in [-0.4, -0.2) is 32.7 Å². The van der Waals surface area contributed by atoms with Crippen molar-refractivity contribution in [3.8, 4) is 11.1 Å². The van der Waals surface area contributed by atoms with Gasteiger partial charge in [0.25, 0.3) is 0 Å². The first kappa shape index (κ1) is 15.6. The number of thioether (sulfide) groups is 1. The van der Waals surface area contributed by atoms with Crippen molar-refractivity contribution >= 4 is 29.5 Å². The molecular formula is C16H13N3O2S2. The zero-order valence-corrected chi connectivity index (χ0v) is 13.8. The minimum absolute atomic E-state index is 0.0632. The Bertz CT molecular complexity index is 814. The molecule has 0 saturated carbocycles. The highest BCUT2D eigenvalue weighted by Crippen LogP contribution is 2.30. The molecule has 0 aliphatic rings. The number of rotatable bonds is 5. The van der Waals surface area contributed by atoms with E-state index in [-0.39, 0.29) is 5.69 Å². The van der Waals surface area contributed by atoms with E-state index >= 15 is 0 Å². The van der Waals surface area contributed by atoms with Gasteiger partial charge < -0.3 is 5.11 Å². The molecule has 0 bridgehead atoms. The highest BCUT2D eigenvalue weighted by Gasteiger charge is 2.16. The van der Waals surface area contributed by atoms with Gasteiger partial charge >= 0.3 is 5.97 Å². The minimum Gasteiger partial charge on any atom is -0.476 e. The maximum absolute atomic E-state index is 11.0. The molecule has 0 aliphatic carbocycles. The van der Waals surface area contributed by atoms with Crippen molar-refractivity contribution in [2.75, 3.05) is 6.26 Å². The van der Waals surface area contributed by atoms with E-state index in [4.69, 9.17) is 5.11 Å². The molecule has 0 amide bonds. The summed E-state index contributed by atoms with van der Waals surface area (Å²) in [7, 11) is 0. The second-order valence-corrected chi connectivity index (χ2v) is 6.58. The van der Waals surface area contributed by atoms with Gasteiger partial charge in [0.1, 0.15) is 0 Å². The van der Waals surface area contributed by atoms with Crippen LogP contribution in [0.3, 0.4) is 0 Å². The highest BCUT2D eigenvalue weighted by atomic mass is 32.2. The summed E-state index contributed by atoms with van der Waals surface area (Å²) in [6.45, 7) is 0. The van der Waals surface area contributed by atoms with E-state index in [1.54, 1.807) is 11.8 Å². The fraction of sp³-hybridized carbons (Fsp3) is 0.0625. The molecule has 1 heterocycles. The number of carboxylic acids is 1. The molecule has 0 atom stereocenters. The summed E-state index contributed by atoms with van der Waals surface area (Å²) >= 11 is 2.98. The molecule has 5 nitrogen and oxygen atoms in total. The van der Waals surface area contributed by atoms with Gasteiger partial charge in [0.05, 0.1) is 0 Å². The van der Waals surface area contributed by atoms with E-state index in [2.05, 4.69) is 45.9 Å². The molecule has 0 saturated heterocycles. The second kappa shape index (κ2) is 6.89. The normalized spacial score (nSPS) is 10.7. The average Bonchev–Trinajstić information content (AvgIpc) is 3.04. The summed E-state index contributed by atoms with van der Waals surface area (Å²) in [5.41, 5.74) is 2.19. The molecule has 0 unspecified atom stereocenters. The number of nitrogens with zero attached hydrogens (tertiary/aromatic N) is 2. The van der Waals surface area contributed by atoms with Gasteiger partial charge in [0.2, 0.25) is 5.69 Å². The third kappa shape index (κ3) is 3.57. The third-order valence-electron chi connectivity index (χ3n) is 3.21. The first-order valence-corrected chi connectivity index (χ1v) is 8.78. The van der Waals surface area contributed by atoms with Crippen molar-refractivity contribution in [1.29, 1.82) is 0 Å². The lowest BCUT2D eigenvalue weighted by molar-refractivity contribution is 0.0686. The molecule has 116 valence electrons. The van der Waals surface area contributed by atoms with Crippen molar-refractivity contribution in [3.63, 3.8) is 0 Å². The average molecular weight is 343 g/mol. The predicted octanol–water partition coefficient (Wildman–Crippen LogP) is 4.04. The zero-order valence-electron chi connectivity index (χ0n) is 12.2. The summed E-state index contributed by atoms with van der Waals surface area (Å²) in [5.74, 6) is -1.09. The number of benzene rings is 2. The second-order valence-electron chi connectivity index (χ2n) is 4.64. The highest BCUT2D eigenvalue weighted by molar-refractivity contribution is 7.99. The lowest BCUT2D eigenvalue weighted by Gasteiger charge is -2.04. The van der Waals surface area contributed by atoms with Gasteiger partial charge in [-0.1, -0.05) is 36.0 Å². The Kier molecular flexibility index (Phi) is 4.68. The molecule has 23 heavy (non-hydrogen) atoms. The van der Waals surface area contributed by atoms with E-state index in [0.29, 0.717) is 5.03 Å². The largest absolute Gasteiger partial charge is 0.476 e. The third-order valence-corrected chi connectivity index (χ3v) is 4.94. The van der Waals surface area contributed by atoms with Crippen molar-refractivity contribution in [1.82, 2.24) is 15.4 Å². The van der Waals surface area contributed by atoms with Crippen molar-refractivity contribution < 1.29 is 9.90 Å². The van der Waals surface area contributed by atoms with Crippen LogP contribution in [0.5, 0.6) is 0 Å². The van der Waals surface area contributed by atoms with Gasteiger partial charge in [-0.05, 0) is 41.6 Å². The molecule has 0 fully saturated rings. The van der Waals surface area contributed by atoms with Gasteiger partial charge in [0, 0.05) is 9.79 Å². The molecule has 2 aromatic carbocycles. The maximum atomic E-state index is 11.0. The quantitative estimate of drug-likeness (QED) is 0.681. The number of H-pyrrole nitrogens is 1. The number of hydrogen-bond donors (Lipinski definition) is 2. The standard InChI is InChI=1S/C16H13N3O2S2/c1-22-12-6-2-10(3-7-12)11-4-8-13(9-5-11)23-15-14(16(20)21)17-19-18-15/h2-9H,1H3,(H,20,21)(H,17,18,19). The molecule has 3 aromatic rings. The van der Waals surface area contributed by atoms with Crippen LogP contribution in [0.15, 0.2) is 63.3 Å². The van der Waals surface area contributed by atoms with Gasteiger partial charge in [0.15, 0.2) is 5.03 Å². The summed E-state index contributed by atoms with van der Waals surface area (Å²) in [5, 5.41) is 19.2. The van der Waals surface area contributed by atoms with Crippen LogP contribution >= 0.6 is 23.5 Å². The van der Waals surface area contributed by atoms with Crippen LogP contribution in [0.2, 0.25) is 0 Å². The Morgan fingerprint density at radius 3 is 2.04 bits per heavy atom. The molecule has 0 radical (unpaired) electrons. The van der Waals surface area contributed by atoms with Crippen molar-refractivity contribution in [2.45, 2.75) is 14.8 Å². The van der Waals surface area contributed by atoms with E-state index in [9.17, 15) is 4.79 Å².